The van der Waals surface area contributed by atoms with Gasteiger partial charge in [-0.25, -0.2) is 4.79 Å². The molecule has 0 aliphatic heterocycles. The smallest absolute Gasteiger partial charge is 0.337 e. The van der Waals surface area contributed by atoms with Crippen LogP contribution in [-0.2, 0) is 0 Å². The van der Waals surface area contributed by atoms with Gasteiger partial charge >= 0.3 is 5.97 Å². The molecule has 0 fully saturated rings. The van der Waals surface area contributed by atoms with E-state index in [0.717, 1.165) is 0 Å². The van der Waals surface area contributed by atoms with Gasteiger partial charge < -0.3 is 5.11 Å². The van der Waals surface area contributed by atoms with E-state index in [1.807, 2.05) is 0 Å². The van der Waals surface area contributed by atoms with Crippen LogP contribution in [-0.4, -0.2) is 21.8 Å². The lowest BCUT2D eigenvalue weighted by molar-refractivity contribution is -0.385. The number of carboxylic acid groups (broad SMARTS) is 1. The Labute approximate surface area is 96.7 Å². The number of nitro benzene ring substituents is 1. The summed E-state index contributed by atoms with van der Waals surface area (Å²) in [5.74, 6) is 3.90. The van der Waals surface area contributed by atoms with Gasteiger partial charge in [-0.1, -0.05) is 17.9 Å². The fourth-order valence-electron chi connectivity index (χ4n) is 1.13. The van der Waals surface area contributed by atoms with Gasteiger partial charge in [-0.15, -0.1) is 0 Å². The molecule has 82 valence electrons. The maximum Gasteiger partial charge on any atom is 0.337 e. The van der Waals surface area contributed by atoms with E-state index in [-0.39, 0.29) is 22.6 Å². The molecule has 0 amide bonds. The third kappa shape index (κ3) is 2.52. The van der Waals surface area contributed by atoms with Crippen LogP contribution < -0.4 is 0 Å². The van der Waals surface area contributed by atoms with Crippen LogP contribution in [0.1, 0.15) is 15.9 Å². The molecule has 0 aromatic heterocycles. The molecule has 0 aliphatic rings. The van der Waals surface area contributed by atoms with Gasteiger partial charge in [0.05, 0.1) is 16.2 Å². The van der Waals surface area contributed by atoms with Crippen molar-refractivity contribution in [1.29, 1.82) is 0 Å². The van der Waals surface area contributed by atoms with E-state index in [9.17, 15) is 14.9 Å². The zero-order chi connectivity index (χ0) is 12.1. The highest BCUT2D eigenvalue weighted by molar-refractivity contribution is 7.80. The second kappa shape index (κ2) is 5.19. The SMILES string of the molecule is O=C(O)c1cccc([N+](=O)[O-])c1C#CCS. The van der Waals surface area contributed by atoms with Gasteiger partial charge in [0.2, 0.25) is 0 Å². The van der Waals surface area contributed by atoms with Crippen molar-refractivity contribution in [3.63, 3.8) is 0 Å². The van der Waals surface area contributed by atoms with E-state index >= 15 is 0 Å². The molecule has 0 saturated heterocycles. The van der Waals surface area contributed by atoms with Crippen molar-refractivity contribution in [3.05, 3.63) is 39.4 Å². The van der Waals surface area contributed by atoms with Crippen molar-refractivity contribution in [3.8, 4) is 11.8 Å². The van der Waals surface area contributed by atoms with E-state index in [4.69, 9.17) is 5.11 Å². The van der Waals surface area contributed by atoms with Gasteiger partial charge in [0.15, 0.2) is 0 Å². The first-order chi connectivity index (χ1) is 7.57. The second-order valence-electron chi connectivity index (χ2n) is 2.72. The minimum absolute atomic E-state index is 0.0888. The number of aromatic carboxylic acids is 1. The van der Waals surface area contributed by atoms with Crippen molar-refractivity contribution in [1.82, 2.24) is 0 Å². The summed E-state index contributed by atoms with van der Waals surface area (Å²) >= 11 is 3.83. The van der Waals surface area contributed by atoms with E-state index in [2.05, 4.69) is 24.5 Å². The third-order valence-electron chi connectivity index (χ3n) is 1.76. The topological polar surface area (TPSA) is 80.4 Å². The van der Waals surface area contributed by atoms with E-state index < -0.39 is 10.9 Å². The van der Waals surface area contributed by atoms with Gasteiger partial charge in [-0.05, 0) is 6.07 Å². The lowest BCUT2D eigenvalue weighted by atomic mass is 10.1. The summed E-state index contributed by atoms with van der Waals surface area (Å²) < 4.78 is 0. The van der Waals surface area contributed by atoms with Crippen LogP contribution in [0.25, 0.3) is 0 Å². The molecule has 0 bridgehead atoms. The average molecular weight is 237 g/mol. The van der Waals surface area contributed by atoms with Crippen LogP contribution in [0, 0.1) is 22.0 Å². The zero-order valence-electron chi connectivity index (χ0n) is 8.01. The molecule has 1 rings (SSSR count). The third-order valence-corrected chi connectivity index (χ3v) is 1.92. The van der Waals surface area contributed by atoms with Crippen LogP contribution in [0.5, 0.6) is 0 Å². The van der Waals surface area contributed by atoms with Crippen LogP contribution in [0.15, 0.2) is 18.2 Å². The van der Waals surface area contributed by atoms with Gasteiger partial charge in [-0.2, -0.15) is 12.6 Å². The Bertz CT molecular complexity index is 469. The standard InChI is InChI=1S/C10H7NO4S/c12-10(13)8-3-1-5-9(11(14)15)7(8)4-2-6-16/h1,3,5,16H,6H2,(H,12,13). The summed E-state index contributed by atoms with van der Waals surface area (Å²) in [5, 5.41) is 19.5. The minimum atomic E-state index is -1.24. The molecule has 1 N–H and O–H groups in total. The molecular formula is C10H7NO4S. The summed E-state index contributed by atoms with van der Waals surface area (Å²) in [7, 11) is 0. The molecule has 0 atom stereocenters. The largest absolute Gasteiger partial charge is 0.478 e. The maximum absolute atomic E-state index is 10.9. The van der Waals surface area contributed by atoms with Crippen molar-refractivity contribution in [2.45, 2.75) is 0 Å². The number of carboxylic acids is 1. The maximum atomic E-state index is 10.9. The Morgan fingerprint density at radius 2 is 2.25 bits per heavy atom. The van der Waals surface area contributed by atoms with Crippen LogP contribution >= 0.6 is 12.6 Å². The second-order valence-corrected chi connectivity index (χ2v) is 3.04. The number of carbonyl (C=O) groups is 1. The molecule has 0 spiro atoms. The Morgan fingerprint density at radius 3 is 2.75 bits per heavy atom. The fraction of sp³-hybridized carbons (Fsp3) is 0.100. The highest BCUT2D eigenvalue weighted by Gasteiger charge is 2.19. The Balaban J connectivity index is 3.46. The van der Waals surface area contributed by atoms with E-state index in [1.165, 1.54) is 18.2 Å². The monoisotopic (exact) mass is 237 g/mol. The van der Waals surface area contributed by atoms with E-state index in [0.29, 0.717) is 0 Å². The van der Waals surface area contributed by atoms with Gasteiger partial charge in [0, 0.05) is 6.07 Å². The molecule has 0 heterocycles. The number of rotatable bonds is 2. The summed E-state index contributed by atoms with van der Waals surface area (Å²) in [6.45, 7) is 0. The molecule has 5 nitrogen and oxygen atoms in total. The molecule has 16 heavy (non-hydrogen) atoms. The lowest BCUT2D eigenvalue weighted by Crippen LogP contribution is -2.03. The van der Waals surface area contributed by atoms with Crippen LogP contribution in [0.4, 0.5) is 5.69 Å². The van der Waals surface area contributed by atoms with E-state index in [1.54, 1.807) is 0 Å². The highest BCUT2D eigenvalue weighted by atomic mass is 32.1. The lowest BCUT2D eigenvalue weighted by Gasteiger charge is -1.99. The number of hydrogen-bond donors (Lipinski definition) is 2. The Hall–Kier alpha value is -2.00. The molecule has 6 heteroatoms. The van der Waals surface area contributed by atoms with Gasteiger partial charge in [0.1, 0.15) is 5.56 Å². The number of nitro groups is 1. The quantitative estimate of drug-likeness (QED) is 0.354. The Kier molecular flexibility index (Phi) is 3.91. The number of hydrogen-bond acceptors (Lipinski definition) is 4. The first-order valence-corrected chi connectivity index (χ1v) is 4.81. The number of benzene rings is 1. The molecule has 1 aromatic carbocycles. The summed E-state index contributed by atoms with van der Waals surface area (Å²) in [5.41, 5.74) is -0.577. The van der Waals surface area contributed by atoms with Crippen LogP contribution in [0.3, 0.4) is 0 Å². The van der Waals surface area contributed by atoms with Crippen molar-refractivity contribution < 1.29 is 14.8 Å². The fourth-order valence-corrected chi connectivity index (χ4v) is 1.21. The summed E-state index contributed by atoms with van der Waals surface area (Å²) in [4.78, 5) is 20.9. The predicted molar refractivity (Wildman–Crippen MR) is 60.8 cm³/mol. The highest BCUT2D eigenvalue weighted by Crippen LogP contribution is 2.21. The molecule has 0 radical (unpaired) electrons. The van der Waals surface area contributed by atoms with Crippen LogP contribution in [0.2, 0.25) is 0 Å². The first kappa shape index (κ1) is 12.1. The molecular weight excluding hydrogens is 230 g/mol. The minimum Gasteiger partial charge on any atom is -0.478 e. The molecule has 0 unspecified atom stereocenters. The molecule has 0 aliphatic carbocycles. The number of nitrogens with zero attached hydrogens (tertiary/aromatic N) is 1. The normalized spacial score (nSPS) is 9.06. The van der Waals surface area contributed by atoms with Gasteiger partial charge in [0.25, 0.3) is 5.69 Å². The predicted octanol–water partition coefficient (Wildman–Crippen LogP) is 1.57. The van der Waals surface area contributed by atoms with Crippen molar-refractivity contribution >= 4 is 24.3 Å². The summed E-state index contributed by atoms with van der Waals surface area (Å²) in [6, 6.07) is 3.81. The molecule has 0 saturated carbocycles. The zero-order valence-corrected chi connectivity index (χ0v) is 8.90. The molecule has 1 aromatic rings. The number of thiol groups is 1. The summed E-state index contributed by atoms with van der Waals surface area (Å²) in [6.07, 6.45) is 0. The van der Waals surface area contributed by atoms with Gasteiger partial charge in [-0.3, -0.25) is 10.1 Å². The van der Waals surface area contributed by atoms with Crippen molar-refractivity contribution in [2.75, 3.05) is 5.75 Å². The van der Waals surface area contributed by atoms with Crippen molar-refractivity contribution in [2.24, 2.45) is 0 Å². The first-order valence-electron chi connectivity index (χ1n) is 4.18. The average Bonchev–Trinajstić information content (AvgIpc) is 2.25. The Morgan fingerprint density at radius 1 is 1.56 bits per heavy atom.